The van der Waals surface area contributed by atoms with E-state index in [0.717, 1.165) is 23.0 Å². The number of rotatable bonds is 6. The Morgan fingerprint density at radius 2 is 2.11 bits per heavy atom. The second-order valence-electron chi connectivity index (χ2n) is 5.15. The van der Waals surface area contributed by atoms with Crippen LogP contribution in [0.4, 0.5) is 5.69 Å². The summed E-state index contributed by atoms with van der Waals surface area (Å²) in [7, 11) is 0. The Bertz CT molecular complexity index is 433. The Labute approximate surface area is 116 Å². The average molecular weight is 315 g/mol. The lowest BCUT2D eigenvalue weighted by Gasteiger charge is -2.23. The second-order valence-corrected chi connectivity index (χ2v) is 6.01. The third-order valence-electron chi connectivity index (χ3n) is 3.12. The molecule has 0 saturated carbocycles. The summed E-state index contributed by atoms with van der Waals surface area (Å²) in [6.07, 6.45) is 1.11. The number of benzene rings is 1. The Balaban J connectivity index is 2.61. The molecule has 0 aromatic heterocycles. The van der Waals surface area contributed by atoms with Gasteiger partial charge in [-0.2, -0.15) is 0 Å². The van der Waals surface area contributed by atoms with Crippen molar-refractivity contribution in [2.45, 2.75) is 33.7 Å². The van der Waals surface area contributed by atoms with Crippen LogP contribution in [0.15, 0.2) is 22.7 Å². The van der Waals surface area contributed by atoms with Gasteiger partial charge in [-0.15, -0.1) is 0 Å². The standard InChI is InChI=1S/C13H19BrN2O2/c1-4-13(2,3)9-15-8-10-5-6-11(16(17)18)7-12(10)14/h5-7,15H,4,8-9H2,1-3H3. The molecule has 18 heavy (non-hydrogen) atoms. The number of halogens is 1. The van der Waals surface area contributed by atoms with Crippen LogP contribution in [-0.2, 0) is 6.54 Å². The zero-order chi connectivity index (χ0) is 13.8. The van der Waals surface area contributed by atoms with Crippen molar-refractivity contribution in [1.82, 2.24) is 5.32 Å². The molecule has 0 spiro atoms. The van der Waals surface area contributed by atoms with Crippen molar-refractivity contribution in [3.05, 3.63) is 38.3 Å². The maximum absolute atomic E-state index is 10.6. The van der Waals surface area contributed by atoms with Crippen molar-refractivity contribution in [2.75, 3.05) is 6.54 Å². The predicted octanol–water partition coefficient (Wildman–Crippen LogP) is 3.88. The topological polar surface area (TPSA) is 55.2 Å². The molecule has 0 aliphatic rings. The summed E-state index contributed by atoms with van der Waals surface area (Å²) >= 11 is 3.37. The first-order valence-electron chi connectivity index (χ1n) is 5.99. The third-order valence-corrected chi connectivity index (χ3v) is 3.86. The van der Waals surface area contributed by atoms with Gasteiger partial charge in [-0.3, -0.25) is 10.1 Å². The minimum atomic E-state index is -0.387. The first-order chi connectivity index (χ1) is 8.35. The summed E-state index contributed by atoms with van der Waals surface area (Å²) in [5.74, 6) is 0. The van der Waals surface area contributed by atoms with Gasteiger partial charge in [-0.1, -0.05) is 36.7 Å². The number of nitro groups is 1. The molecule has 0 amide bonds. The Kier molecular flexibility index (Phi) is 5.28. The van der Waals surface area contributed by atoms with Crippen LogP contribution in [0.25, 0.3) is 0 Å². The van der Waals surface area contributed by atoms with Crippen LogP contribution in [0.5, 0.6) is 0 Å². The van der Waals surface area contributed by atoms with Gasteiger partial charge in [0.05, 0.1) is 4.92 Å². The van der Waals surface area contributed by atoms with E-state index < -0.39 is 0 Å². The fourth-order valence-electron chi connectivity index (χ4n) is 1.45. The molecule has 0 fully saturated rings. The van der Waals surface area contributed by atoms with E-state index in [1.54, 1.807) is 12.1 Å². The summed E-state index contributed by atoms with van der Waals surface area (Å²) in [5, 5.41) is 14.0. The van der Waals surface area contributed by atoms with Crippen LogP contribution in [0.1, 0.15) is 32.8 Å². The molecule has 100 valence electrons. The smallest absolute Gasteiger partial charge is 0.270 e. The zero-order valence-electron chi connectivity index (χ0n) is 11.0. The lowest BCUT2D eigenvalue weighted by Crippen LogP contribution is -2.28. The minimum Gasteiger partial charge on any atom is -0.312 e. The number of nitrogens with zero attached hydrogens (tertiary/aromatic N) is 1. The predicted molar refractivity (Wildman–Crippen MR) is 76.6 cm³/mol. The molecule has 0 unspecified atom stereocenters. The molecule has 1 aromatic rings. The van der Waals surface area contributed by atoms with Crippen molar-refractivity contribution in [3.63, 3.8) is 0 Å². The highest BCUT2D eigenvalue weighted by atomic mass is 79.9. The maximum Gasteiger partial charge on any atom is 0.270 e. The fraction of sp³-hybridized carbons (Fsp3) is 0.538. The molecule has 0 aliphatic carbocycles. The van der Waals surface area contributed by atoms with Crippen LogP contribution >= 0.6 is 15.9 Å². The van der Waals surface area contributed by atoms with Crippen molar-refractivity contribution in [3.8, 4) is 0 Å². The Morgan fingerprint density at radius 1 is 1.44 bits per heavy atom. The van der Waals surface area contributed by atoms with E-state index in [4.69, 9.17) is 0 Å². The molecule has 0 heterocycles. The summed E-state index contributed by atoms with van der Waals surface area (Å²) < 4.78 is 0.776. The SMILES string of the molecule is CCC(C)(C)CNCc1ccc([N+](=O)[O-])cc1Br. The number of nitro benzene ring substituents is 1. The van der Waals surface area contributed by atoms with E-state index in [0.29, 0.717) is 6.54 Å². The molecule has 0 saturated heterocycles. The monoisotopic (exact) mass is 314 g/mol. The quantitative estimate of drug-likeness (QED) is 0.640. The molecular formula is C13H19BrN2O2. The summed E-state index contributed by atoms with van der Waals surface area (Å²) in [4.78, 5) is 10.2. The van der Waals surface area contributed by atoms with E-state index in [-0.39, 0.29) is 16.0 Å². The van der Waals surface area contributed by atoms with Gasteiger partial charge in [-0.05, 0) is 23.5 Å². The van der Waals surface area contributed by atoms with E-state index in [9.17, 15) is 10.1 Å². The van der Waals surface area contributed by atoms with Crippen molar-refractivity contribution in [1.29, 1.82) is 0 Å². The fourth-order valence-corrected chi connectivity index (χ4v) is 1.96. The van der Waals surface area contributed by atoms with Crippen LogP contribution < -0.4 is 5.32 Å². The number of hydrogen-bond donors (Lipinski definition) is 1. The Morgan fingerprint density at radius 3 is 2.61 bits per heavy atom. The van der Waals surface area contributed by atoms with Crippen molar-refractivity contribution >= 4 is 21.6 Å². The molecule has 0 aliphatic heterocycles. The largest absolute Gasteiger partial charge is 0.312 e. The number of non-ortho nitro benzene ring substituents is 1. The van der Waals surface area contributed by atoms with Gasteiger partial charge in [0.25, 0.3) is 5.69 Å². The minimum absolute atomic E-state index is 0.111. The van der Waals surface area contributed by atoms with Gasteiger partial charge in [0.15, 0.2) is 0 Å². The summed E-state index contributed by atoms with van der Waals surface area (Å²) in [5.41, 5.74) is 1.42. The molecule has 4 nitrogen and oxygen atoms in total. The van der Waals surface area contributed by atoms with E-state index in [1.807, 2.05) is 0 Å². The highest BCUT2D eigenvalue weighted by Crippen LogP contribution is 2.23. The van der Waals surface area contributed by atoms with Crippen molar-refractivity contribution < 1.29 is 4.92 Å². The third kappa shape index (κ3) is 4.38. The van der Waals surface area contributed by atoms with Crippen molar-refractivity contribution in [2.24, 2.45) is 5.41 Å². The lowest BCUT2D eigenvalue weighted by molar-refractivity contribution is -0.384. The van der Waals surface area contributed by atoms with Crippen LogP contribution in [0.3, 0.4) is 0 Å². The highest BCUT2D eigenvalue weighted by molar-refractivity contribution is 9.10. The summed E-state index contributed by atoms with van der Waals surface area (Å²) in [6.45, 7) is 8.23. The van der Waals surface area contributed by atoms with Crippen LogP contribution in [0, 0.1) is 15.5 Å². The van der Waals surface area contributed by atoms with Gasteiger partial charge in [0.1, 0.15) is 0 Å². The zero-order valence-corrected chi connectivity index (χ0v) is 12.6. The Hall–Kier alpha value is -0.940. The van der Waals surface area contributed by atoms with E-state index >= 15 is 0 Å². The molecule has 1 aromatic carbocycles. The molecule has 5 heteroatoms. The first kappa shape index (κ1) is 15.1. The average Bonchev–Trinajstić information content (AvgIpc) is 2.31. The number of nitrogens with one attached hydrogen (secondary N) is 1. The second kappa shape index (κ2) is 6.29. The van der Waals surface area contributed by atoms with E-state index in [2.05, 4.69) is 42.0 Å². The summed E-state index contributed by atoms with van der Waals surface area (Å²) in [6, 6.07) is 4.86. The first-order valence-corrected chi connectivity index (χ1v) is 6.78. The normalized spacial score (nSPS) is 11.6. The number of hydrogen-bond acceptors (Lipinski definition) is 3. The van der Waals surface area contributed by atoms with Gasteiger partial charge < -0.3 is 5.32 Å². The lowest BCUT2D eigenvalue weighted by atomic mass is 9.90. The molecule has 0 atom stereocenters. The van der Waals surface area contributed by atoms with Gasteiger partial charge >= 0.3 is 0 Å². The highest BCUT2D eigenvalue weighted by Gasteiger charge is 2.14. The van der Waals surface area contributed by atoms with Gasteiger partial charge in [-0.25, -0.2) is 0 Å². The molecule has 1 N–H and O–H groups in total. The van der Waals surface area contributed by atoms with Gasteiger partial charge in [0, 0.05) is 29.7 Å². The van der Waals surface area contributed by atoms with Crippen LogP contribution in [0.2, 0.25) is 0 Å². The van der Waals surface area contributed by atoms with Crippen LogP contribution in [-0.4, -0.2) is 11.5 Å². The van der Waals surface area contributed by atoms with Gasteiger partial charge in [0.2, 0.25) is 0 Å². The molecule has 0 radical (unpaired) electrons. The molecule has 1 rings (SSSR count). The van der Waals surface area contributed by atoms with E-state index in [1.165, 1.54) is 6.07 Å². The molecule has 0 bridgehead atoms. The molecular weight excluding hydrogens is 296 g/mol. The maximum atomic E-state index is 10.6.